The number of hydrogen-bond acceptors (Lipinski definition) is 0. The summed E-state index contributed by atoms with van der Waals surface area (Å²) in [6.45, 7) is 11.9. The van der Waals surface area contributed by atoms with Crippen molar-refractivity contribution in [2.24, 2.45) is 0 Å². The molecule has 0 aromatic carbocycles. The van der Waals surface area contributed by atoms with E-state index >= 15 is 0 Å². The van der Waals surface area contributed by atoms with Crippen LogP contribution in [-0.2, 0) is 0 Å². The smallest absolute Gasteiger partial charge is 0.131 e. The van der Waals surface area contributed by atoms with E-state index in [4.69, 9.17) is 0 Å². The third-order valence-electron chi connectivity index (χ3n) is 0.707. The molecular weight excluding hydrogens is 134 g/mol. The van der Waals surface area contributed by atoms with Crippen molar-refractivity contribution in [3.05, 3.63) is 0 Å². The van der Waals surface area contributed by atoms with Crippen LogP contribution in [-0.4, -0.2) is 25.4 Å². The van der Waals surface area contributed by atoms with Crippen LogP contribution in [0.3, 0.4) is 0 Å². The van der Waals surface area contributed by atoms with Gasteiger partial charge in [-0.05, 0) is 0 Å². The topological polar surface area (TPSA) is 3.01 Å². The van der Waals surface area contributed by atoms with E-state index in [1.165, 1.54) is 19.3 Å². The third kappa shape index (κ3) is 204. The van der Waals surface area contributed by atoms with E-state index in [0.29, 0.717) is 0 Å². The minimum atomic E-state index is 1.34. The molecule has 0 aromatic heterocycles. The number of unbranched alkanes of at least 4 members (excludes halogenated alkanes) is 2. The van der Waals surface area contributed by atoms with Crippen molar-refractivity contribution in [3.8, 4) is 0 Å². The molecule has 0 spiro atoms. The lowest BCUT2D eigenvalue weighted by molar-refractivity contribution is -0.454. The second-order valence-electron chi connectivity index (χ2n) is 2.43. The van der Waals surface area contributed by atoms with Crippen LogP contribution in [0.1, 0.15) is 47.0 Å². The van der Waals surface area contributed by atoms with E-state index in [9.17, 15) is 0 Å². The van der Waals surface area contributed by atoms with Crippen LogP contribution in [0.15, 0.2) is 0 Å². The van der Waals surface area contributed by atoms with E-state index in [-0.39, 0.29) is 0 Å². The standard InChI is InChI=1S/C5H12.C3H8N.C2H6/c1-3-5-4-2;1-4(2)3;1-2/h3-5H2,1-2H3;1H2,2-3H3;1-2H3/q;+1;. The van der Waals surface area contributed by atoms with Gasteiger partial charge in [0, 0.05) is 0 Å². The highest BCUT2D eigenvalue weighted by molar-refractivity contribution is 5.13. The van der Waals surface area contributed by atoms with Gasteiger partial charge in [0.1, 0.15) is 20.8 Å². The van der Waals surface area contributed by atoms with E-state index < -0.39 is 0 Å². The molecule has 0 amide bonds. The molecule has 0 atom stereocenters. The Kier molecular flexibility index (Phi) is 34.9. The Bertz CT molecular complexity index is 51.9. The zero-order chi connectivity index (χ0) is 9.70. The molecule has 11 heavy (non-hydrogen) atoms. The summed E-state index contributed by atoms with van der Waals surface area (Å²) in [6, 6.07) is 0. The van der Waals surface area contributed by atoms with Gasteiger partial charge in [0.25, 0.3) is 0 Å². The van der Waals surface area contributed by atoms with Crippen LogP contribution in [0.4, 0.5) is 0 Å². The summed E-state index contributed by atoms with van der Waals surface area (Å²) in [7, 11) is 3.78. The molecule has 0 aliphatic rings. The van der Waals surface area contributed by atoms with Gasteiger partial charge in [-0.3, -0.25) is 0 Å². The average molecular weight is 160 g/mol. The van der Waals surface area contributed by atoms with Gasteiger partial charge in [-0.15, -0.1) is 0 Å². The second kappa shape index (κ2) is 22.6. The van der Waals surface area contributed by atoms with Crippen molar-refractivity contribution < 1.29 is 4.58 Å². The lowest BCUT2D eigenvalue weighted by Crippen LogP contribution is -1.86. The van der Waals surface area contributed by atoms with Crippen LogP contribution >= 0.6 is 0 Å². The Morgan fingerprint density at radius 3 is 1.18 bits per heavy atom. The second-order valence-corrected chi connectivity index (χ2v) is 2.43. The fraction of sp³-hybridized carbons (Fsp3) is 0.900. The van der Waals surface area contributed by atoms with Crippen molar-refractivity contribution in [3.63, 3.8) is 0 Å². The summed E-state index contributed by atoms with van der Waals surface area (Å²) in [5.41, 5.74) is 0. The Morgan fingerprint density at radius 2 is 1.18 bits per heavy atom. The lowest BCUT2D eigenvalue weighted by Gasteiger charge is -1.79. The molecule has 0 aliphatic heterocycles. The maximum absolute atomic E-state index is 3.47. The van der Waals surface area contributed by atoms with Gasteiger partial charge in [-0.25, -0.2) is 4.58 Å². The SMILES string of the molecule is C=[N+](C)C.CC.CCCCC. The van der Waals surface area contributed by atoms with Gasteiger partial charge < -0.3 is 0 Å². The monoisotopic (exact) mass is 160 g/mol. The molecule has 0 aromatic rings. The van der Waals surface area contributed by atoms with E-state index in [2.05, 4.69) is 20.6 Å². The highest BCUT2D eigenvalue weighted by Gasteiger charge is 1.68. The predicted molar refractivity (Wildman–Crippen MR) is 55.8 cm³/mol. The zero-order valence-corrected chi connectivity index (χ0v) is 9.28. The summed E-state index contributed by atoms with van der Waals surface area (Å²) < 4.78 is 1.75. The van der Waals surface area contributed by atoms with Gasteiger partial charge in [0.2, 0.25) is 0 Å². The summed E-state index contributed by atoms with van der Waals surface area (Å²) in [5.74, 6) is 0. The molecule has 0 unspecified atom stereocenters. The Morgan fingerprint density at radius 1 is 1.00 bits per heavy atom. The van der Waals surface area contributed by atoms with Gasteiger partial charge in [0.15, 0.2) is 0 Å². The van der Waals surface area contributed by atoms with Crippen LogP contribution in [0.25, 0.3) is 0 Å². The summed E-state index contributed by atoms with van der Waals surface area (Å²) in [4.78, 5) is 0. The molecule has 0 fully saturated rings. The van der Waals surface area contributed by atoms with E-state index in [0.717, 1.165) is 0 Å². The van der Waals surface area contributed by atoms with Crippen molar-refractivity contribution in [2.45, 2.75) is 47.0 Å². The van der Waals surface area contributed by atoms with Crippen LogP contribution in [0, 0.1) is 0 Å². The molecule has 1 nitrogen and oxygen atoms in total. The fourth-order valence-electron chi connectivity index (χ4n) is 0.354. The average Bonchev–Trinajstić information content (AvgIpc) is 1.93. The Balaban J connectivity index is -0.0000000965. The summed E-state index contributed by atoms with van der Waals surface area (Å²) in [6.07, 6.45) is 4.08. The Labute approximate surface area is 73.1 Å². The molecule has 0 saturated carbocycles. The number of nitrogens with zero attached hydrogens (tertiary/aromatic N) is 1. The lowest BCUT2D eigenvalue weighted by atomic mass is 10.3. The molecule has 0 saturated heterocycles. The molecule has 0 rings (SSSR count). The number of hydrogen-bond donors (Lipinski definition) is 0. The molecule has 0 N–H and O–H groups in total. The van der Waals surface area contributed by atoms with Gasteiger partial charge in [0.05, 0.1) is 0 Å². The first-order valence-corrected chi connectivity index (χ1v) is 4.62. The minimum Gasteiger partial charge on any atom is -0.248 e. The van der Waals surface area contributed by atoms with Crippen LogP contribution < -0.4 is 0 Å². The summed E-state index contributed by atoms with van der Waals surface area (Å²) >= 11 is 0. The van der Waals surface area contributed by atoms with Gasteiger partial charge >= 0.3 is 0 Å². The molecule has 0 heterocycles. The van der Waals surface area contributed by atoms with Gasteiger partial charge in [-0.1, -0.05) is 47.0 Å². The highest BCUT2D eigenvalue weighted by Crippen LogP contribution is 1.88. The fourth-order valence-corrected chi connectivity index (χ4v) is 0.354. The first kappa shape index (κ1) is 17.0. The number of rotatable bonds is 2. The van der Waals surface area contributed by atoms with Gasteiger partial charge in [-0.2, -0.15) is 0 Å². The van der Waals surface area contributed by atoms with Crippen LogP contribution in [0.2, 0.25) is 0 Å². The molecule has 0 radical (unpaired) electrons. The maximum Gasteiger partial charge on any atom is 0.131 e. The first-order chi connectivity index (χ1) is 5.15. The molecule has 0 aliphatic carbocycles. The molecular formula is C10H26N+. The zero-order valence-electron chi connectivity index (χ0n) is 9.28. The third-order valence-corrected chi connectivity index (χ3v) is 0.707. The maximum atomic E-state index is 3.47. The normalized spacial score (nSPS) is 6.73. The summed E-state index contributed by atoms with van der Waals surface area (Å²) in [5, 5.41) is 0. The van der Waals surface area contributed by atoms with Crippen molar-refractivity contribution in [2.75, 3.05) is 14.1 Å². The van der Waals surface area contributed by atoms with Crippen molar-refractivity contribution in [1.29, 1.82) is 0 Å². The molecule has 0 bridgehead atoms. The van der Waals surface area contributed by atoms with Crippen molar-refractivity contribution in [1.82, 2.24) is 0 Å². The van der Waals surface area contributed by atoms with E-state index in [1.807, 2.05) is 27.9 Å². The Hall–Kier alpha value is -0.330. The highest BCUT2D eigenvalue weighted by atomic mass is 14.9. The minimum absolute atomic E-state index is 1.34. The predicted octanol–water partition coefficient (Wildman–Crippen LogP) is 3.18. The molecule has 1 heteroatoms. The van der Waals surface area contributed by atoms with Crippen molar-refractivity contribution >= 4 is 6.72 Å². The first-order valence-electron chi connectivity index (χ1n) is 4.62. The van der Waals surface area contributed by atoms with Crippen LogP contribution in [0.5, 0.6) is 0 Å². The molecule has 70 valence electrons. The largest absolute Gasteiger partial charge is 0.248 e. The quantitative estimate of drug-likeness (QED) is 0.431. The van der Waals surface area contributed by atoms with E-state index in [1.54, 1.807) is 4.58 Å².